The molecule has 1 rings (SSSR count). The summed E-state index contributed by atoms with van der Waals surface area (Å²) in [5.41, 5.74) is 0.243. The average Bonchev–Trinajstić information content (AvgIpc) is 2.37. The summed E-state index contributed by atoms with van der Waals surface area (Å²) in [6.45, 7) is 0.673. The monoisotopic (exact) mass is 301 g/mol. The third-order valence-corrected chi connectivity index (χ3v) is 2.86. The van der Waals surface area contributed by atoms with Crippen molar-refractivity contribution in [1.82, 2.24) is 5.32 Å². The molecule has 1 aromatic rings. The standard InChI is InChI=1S/C14H17F2NO4/c1-8(2)11(7-12(18)19)17-13(20)9-3-5-10(6-4-9)21-14(15)16/h3-6,8,11,14H,7H2,1-2H3,(H,17,20)(H,18,19). The molecule has 1 amide bonds. The number of hydrogen-bond donors (Lipinski definition) is 2. The number of ether oxygens (including phenoxy) is 1. The van der Waals surface area contributed by atoms with E-state index in [-0.39, 0.29) is 23.7 Å². The summed E-state index contributed by atoms with van der Waals surface area (Å²) < 4.78 is 28.2. The average molecular weight is 301 g/mol. The summed E-state index contributed by atoms with van der Waals surface area (Å²) in [5.74, 6) is -1.56. The number of carbonyl (C=O) groups excluding carboxylic acids is 1. The fourth-order valence-corrected chi connectivity index (χ4v) is 1.68. The van der Waals surface area contributed by atoms with Gasteiger partial charge in [0.25, 0.3) is 5.91 Å². The molecule has 0 saturated heterocycles. The second-order valence-electron chi connectivity index (χ2n) is 4.82. The van der Waals surface area contributed by atoms with Gasteiger partial charge in [0, 0.05) is 11.6 Å². The summed E-state index contributed by atoms with van der Waals surface area (Å²) in [6, 6.07) is 4.67. The zero-order valence-electron chi connectivity index (χ0n) is 11.7. The Morgan fingerprint density at radius 3 is 2.24 bits per heavy atom. The van der Waals surface area contributed by atoms with Gasteiger partial charge in [0.15, 0.2) is 0 Å². The second-order valence-corrected chi connectivity index (χ2v) is 4.82. The molecule has 0 saturated carbocycles. The minimum absolute atomic E-state index is 0.0486. The van der Waals surface area contributed by atoms with Crippen molar-refractivity contribution >= 4 is 11.9 Å². The highest BCUT2D eigenvalue weighted by Gasteiger charge is 2.20. The topological polar surface area (TPSA) is 75.6 Å². The summed E-state index contributed by atoms with van der Waals surface area (Å²) in [6.07, 6.45) is -0.185. The van der Waals surface area contributed by atoms with Crippen LogP contribution in [0.1, 0.15) is 30.6 Å². The second kappa shape index (κ2) is 7.56. The molecule has 7 heteroatoms. The first kappa shape index (κ1) is 16.9. The maximum absolute atomic E-state index is 12.0. The molecule has 5 nitrogen and oxygen atoms in total. The van der Waals surface area contributed by atoms with E-state index in [9.17, 15) is 18.4 Å². The highest BCUT2D eigenvalue weighted by atomic mass is 19.3. The molecule has 0 bridgehead atoms. The van der Waals surface area contributed by atoms with Crippen LogP contribution in [0, 0.1) is 5.92 Å². The summed E-state index contributed by atoms with van der Waals surface area (Å²) >= 11 is 0. The van der Waals surface area contributed by atoms with Crippen LogP contribution in [-0.2, 0) is 4.79 Å². The molecule has 0 aliphatic carbocycles. The van der Waals surface area contributed by atoms with E-state index in [1.54, 1.807) is 13.8 Å². The van der Waals surface area contributed by atoms with Crippen LogP contribution in [0.4, 0.5) is 8.78 Å². The van der Waals surface area contributed by atoms with Gasteiger partial charge in [0.05, 0.1) is 6.42 Å². The summed E-state index contributed by atoms with van der Waals surface area (Å²) in [4.78, 5) is 22.7. The van der Waals surface area contributed by atoms with Gasteiger partial charge in [-0.05, 0) is 30.2 Å². The Morgan fingerprint density at radius 1 is 1.24 bits per heavy atom. The number of benzene rings is 1. The Labute approximate surface area is 120 Å². The zero-order valence-corrected chi connectivity index (χ0v) is 11.7. The minimum atomic E-state index is -2.93. The lowest BCUT2D eigenvalue weighted by atomic mass is 10.0. The van der Waals surface area contributed by atoms with Gasteiger partial charge in [-0.15, -0.1) is 0 Å². The molecule has 0 aromatic heterocycles. The summed E-state index contributed by atoms with van der Waals surface area (Å²) in [7, 11) is 0. The van der Waals surface area contributed by atoms with Crippen LogP contribution in [0.15, 0.2) is 24.3 Å². The van der Waals surface area contributed by atoms with Gasteiger partial charge in [-0.25, -0.2) is 0 Å². The predicted octanol–water partition coefficient (Wildman–Crippen LogP) is 2.52. The van der Waals surface area contributed by atoms with Gasteiger partial charge in [0.2, 0.25) is 0 Å². The fourth-order valence-electron chi connectivity index (χ4n) is 1.68. The SMILES string of the molecule is CC(C)C(CC(=O)O)NC(=O)c1ccc(OC(F)F)cc1. The number of carbonyl (C=O) groups is 2. The van der Waals surface area contributed by atoms with Crippen LogP contribution in [0.3, 0.4) is 0 Å². The number of hydrogen-bond acceptors (Lipinski definition) is 3. The van der Waals surface area contributed by atoms with E-state index >= 15 is 0 Å². The number of carboxylic acids is 1. The number of aliphatic carboxylic acids is 1. The van der Waals surface area contributed by atoms with E-state index < -0.39 is 24.5 Å². The fraction of sp³-hybridized carbons (Fsp3) is 0.429. The molecule has 116 valence electrons. The first-order valence-electron chi connectivity index (χ1n) is 6.37. The van der Waals surface area contributed by atoms with Crippen LogP contribution < -0.4 is 10.1 Å². The lowest BCUT2D eigenvalue weighted by molar-refractivity contribution is -0.137. The van der Waals surface area contributed by atoms with Crippen molar-refractivity contribution < 1.29 is 28.2 Å². The van der Waals surface area contributed by atoms with E-state index in [1.807, 2.05) is 0 Å². The van der Waals surface area contributed by atoms with Crippen molar-refractivity contribution in [1.29, 1.82) is 0 Å². The number of alkyl halides is 2. The first-order chi connectivity index (χ1) is 9.79. The maximum Gasteiger partial charge on any atom is 0.387 e. The van der Waals surface area contributed by atoms with Crippen LogP contribution in [0.25, 0.3) is 0 Å². The minimum Gasteiger partial charge on any atom is -0.481 e. The third-order valence-electron chi connectivity index (χ3n) is 2.86. The van der Waals surface area contributed by atoms with Gasteiger partial charge >= 0.3 is 12.6 Å². The van der Waals surface area contributed by atoms with E-state index in [4.69, 9.17) is 5.11 Å². The number of amides is 1. The molecule has 0 heterocycles. The molecule has 0 radical (unpaired) electrons. The van der Waals surface area contributed by atoms with Gasteiger partial charge < -0.3 is 15.2 Å². The molecule has 1 unspecified atom stereocenters. The van der Waals surface area contributed by atoms with Gasteiger partial charge in [-0.1, -0.05) is 13.8 Å². The number of halogens is 2. The van der Waals surface area contributed by atoms with Crippen molar-refractivity contribution in [3.63, 3.8) is 0 Å². The molecule has 21 heavy (non-hydrogen) atoms. The van der Waals surface area contributed by atoms with E-state index in [2.05, 4.69) is 10.1 Å². The van der Waals surface area contributed by atoms with Crippen LogP contribution in [0.5, 0.6) is 5.75 Å². The Balaban J connectivity index is 2.71. The van der Waals surface area contributed by atoms with Crippen molar-refractivity contribution in [2.75, 3.05) is 0 Å². The van der Waals surface area contributed by atoms with E-state index in [0.717, 1.165) is 0 Å². The number of carboxylic acid groups (broad SMARTS) is 1. The Hall–Kier alpha value is -2.18. The molecule has 1 atom stereocenters. The summed E-state index contributed by atoms with van der Waals surface area (Å²) in [5, 5.41) is 11.4. The molecule has 1 aromatic carbocycles. The molecular weight excluding hydrogens is 284 g/mol. The van der Waals surface area contributed by atoms with Crippen molar-refractivity contribution in [2.24, 2.45) is 5.92 Å². The molecule has 2 N–H and O–H groups in total. The van der Waals surface area contributed by atoms with Gasteiger partial charge in [0.1, 0.15) is 5.75 Å². The first-order valence-corrected chi connectivity index (χ1v) is 6.37. The number of nitrogens with one attached hydrogen (secondary N) is 1. The lowest BCUT2D eigenvalue weighted by Gasteiger charge is -2.20. The van der Waals surface area contributed by atoms with Crippen LogP contribution >= 0.6 is 0 Å². The molecule has 0 aliphatic rings. The quantitative estimate of drug-likeness (QED) is 0.811. The normalized spacial score (nSPS) is 12.3. The van der Waals surface area contributed by atoms with Crippen LogP contribution in [0.2, 0.25) is 0 Å². The van der Waals surface area contributed by atoms with Gasteiger partial charge in [-0.2, -0.15) is 8.78 Å². The van der Waals surface area contributed by atoms with E-state index in [0.29, 0.717) is 0 Å². The predicted molar refractivity (Wildman–Crippen MR) is 71.4 cm³/mol. The highest BCUT2D eigenvalue weighted by Crippen LogP contribution is 2.15. The molecular formula is C14H17F2NO4. The van der Waals surface area contributed by atoms with Crippen molar-refractivity contribution in [3.8, 4) is 5.75 Å². The molecule has 0 spiro atoms. The van der Waals surface area contributed by atoms with Crippen molar-refractivity contribution in [2.45, 2.75) is 32.9 Å². The molecule has 0 fully saturated rings. The smallest absolute Gasteiger partial charge is 0.387 e. The highest BCUT2D eigenvalue weighted by molar-refractivity contribution is 5.94. The Kier molecular flexibility index (Phi) is 6.08. The Bertz CT molecular complexity index is 488. The third kappa shape index (κ3) is 5.76. The van der Waals surface area contributed by atoms with Gasteiger partial charge in [-0.3, -0.25) is 9.59 Å². The largest absolute Gasteiger partial charge is 0.481 e. The lowest BCUT2D eigenvalue weighted by Crippen LogP contribution is -2.40. The van der Waals surface area contributed by atoms with E-state index in [1.165, 1.54) is 24.3 Å². The molecule has 0 aliphatic heterocycles. The number of rotatable bonds is 7. The van der Waals surface area contributed by atoms with Crippen molar-refractivity contribution in [3.05, 3.63) is 29.8 Å². The zero-order chi connectivity index (χ0) is 16.0. The maximum atomic E-state index is 12.0. The Morgan fingerprint density at radius 2 is 1.81 bits per heavy atom. The van der Waals surface area contributed by atoms with Crippen LogP contribution in [-0.4, -0.2) is 29.6 Å².